The standard InChI is InChI=1S/C22H17F2N3O3/c23-14-4-1-5-16(9-14)30-22-13(3-2-8-25-22)12-26-21(29)18-11-20(28)27-19-10-15(24)6-7-17(18)19/h1-10,18H,11-12H2,(H,26,29)(H,27,28). The average Bonchev–Trinajstić information content (AvgIpc) is 2.72. The summed E-state index contributed by atoms with van der Waals surface area (Å²) in [5.41, 5.74) is 1.42. The van der Waals surface area contributed by atoms with Crippen LogP contribution in [0, 0.1) is 11.6 Å². The molecule has 0 fully saturated rings. The summed E-state index contributed by atoms with van der Waals surface area (Å²) in [5, 5.41) is 5.36. The topological polar surface area (TPSA) is 80.3 Å². The lowest BCUT2D eigenvalue weighted by Crippen LogP contribution is -2.34. The van der Waals surface area contributed by atoms with Crippen LogP contribution in [0.4, 0.5) is 14.5 Å². The fourth-order valence-corrected chi connectivity index (χ4v) is 3.27. The van der Waals surface area contributed by atoms with Crippen molar-refractivity contribution in [2.75, 3.05) is 5.32 Å². The Balaban J connectivity index is 1.49. The summed E-state index contributed by atoms with van der Waals surface area (Å²) in [5.74, 6) is -1.90. The molecule has 8 heteroatoms. The summed E-state index contributed by atoms with van der Waals surface area (Å²) in [6.07, 6.45) is 1.49. The summed E-state index contributed by atoms with van der Waals surface area (Å²) in [6, 6.07) is 13.0. The molecule has 0 saturated carbocycles. The Labute approximate surface area is 170 Å². The quantitative estimate of drug-likeness (QED) is 0.670. The van der Waals surface area contributed by atoms with Crippen LogP contribution < -0.4 is 15.4 Å². The fourth-order valence-electron chi connectivity index (χ4n) is 3.27. The van der Waals surface area contributed by atoms with Gasteiger partial charge in [0.2, 0.25) is 17.7 Å². The van der Waals surface area contributed by atoms with Crippen LogP contribution in [-0.4, -0.2) is 16.8 Å². The van der Waals surface area contributed by atoms with Gasteiger partial charge >= 0.3 is 0 Å². The van der Waals surface area contributed by atoms with Gasteiger partial charge in [-0.05, 0) is 35.9 Å². The summed E-state index contributed by atoms with van der Waals surface area (Å²) >= 11 is 0. The third-order valence-electron chi connectivity index (χ3n) is 4.68. The molecule has 1 aromatic heterocycles. The second kappa shape index (κ2) is 8.28. The van der Waals surface area contributed by atoms with Crippen molar-refractivity contribution in [2.45, 2.75) is 18.9 Å². The first-order valence-corrected chi connectivity index (χ1v) is 9.24. The maximum absolute atomic E-state index is 13.5. The van der Waals surface area contributed by atoms with E-state index in [-0.39, 0.29) is 36.4 Å². The minimum atomic E-state index is -0.737. The van der Waals surface area contributed by atoms with E-state index in [0.29, 0.717) is 16.8 Å². The number of rotatable bonds is 5. The second-order valence-electron chi connectivity index (χ2n) is 6.78. The first-order chi connectivity index (χ1) is 14.5. The molecule has 1 aliphatic rings. The van der Waals surface area contributed by atoms with E-state index in [1.165, 1.54) is 42.6 Å². The number of carbonyl (C=O) groups excluding carboxylic acids is 2. The molecule has 1 atom stereocenters. The SMILES string of the molecule is O=C1CC(C(=O)NCc2cccnc2Oc2cccc(F)c2)c2ccc(F)cc2N1. The molecule has 30 heavy (non-hydrogen) atoms. The number of nitrogens with zero attached hydrogens (tertiary/aromatic N) is 1. The number of hydrogen-bond acceptors (Lipinski definition) is 4. The van der Waals surface area contributed by atoms with Gasteiger partial charge in [-0.3, -0.25) is 9.59 Å². The predicted molar refractivity (Wildman–Crippen MR) is 105 cm³/mol. The van der Waals surface area contributed by atoms with E-state index in [4.69, 9.17) is 4.74 Å². The van der Waals surface area contributed by atoms with Gasteiger partial charge in [-0.1, -0.05) is 18.2 Å². The second-order valence-corrected chi connectivity index (χ2v) is 6.78. The Morgan fingerprint density at radius 3 is 2.80 bits per heavy atom. The number of benzene rings is 2. The van der Waals surface area contributed by atoms with Crippen LogP contribution in [0.5, 0.6) is 11.6 Å². The van der Waals surface area contributed by atoms with Gasteiger partial charge in [0, 0.05) is 36.5 Å². The lowest BCUT2D eigenvalue weighted by atomic mass is 9.89. The van der Waals surface area contributed by atoms with E-state index in [1.807, 2.05) is 0 Å². The summed E-state index contributed by atoms with van der Waals surface area (Å²) < 4.78 is 32.5. The van der Waals surface area contributed by atoms with E-state index in [1.54, 1.807) is 18.2 Å². The van der Waals surface area contributed by atoms with Crippen molar-refractivity contribution in [1.82, 2.24) is 10.3 Å². The number of fused-ring (bicyclic) bond motifs is 1. The highest BCUT2D eigenvalue weighted by Crippen LogP contribution is 2.33. The predicted octanol–water partition coefficient (Wildman–Crippen LogP) is 3.89. The van der Waals surface area contributed by atoms with Crippen LogP contribution in [0.15, 0.2) is 60.8 Å². The molecule has 2 aromatic carbocycles. The molecular weight excluding hydrogens is 392 g/mol. The van der Waals surface area contributed by atoms with Crippen LogP contribution in [0.3, 0.4) is 0 Å². The first kappa shape index (κ1) is 19.5. The largest absolute Gasteiger partial charge is 0.439 e. The average molecular weight is 409 g/mol. The lowest BCUT2D eigenvalue weighted by molar-refractivity contribution is -0.126. The highest BCUT2D eigenvalue weighted by molar-refractivity contribution is 6.01. The van der Waals surface area contributed by atoms with Crippen LogP contribution in [0.25, 0.3) is 0 Å². The van der Waals surface area contributed by atoms with E-state index in [9.17, 15) is 18.4 Å². The molecule has 152 valence electrons. The number of carbonyl (C=O) groups is 2. The van der Waals surface area contributed by atoms with Crippen molar-refractivity contribution in [3.63, 3.8) is 0 Å². The third kappa shape index (κ3) is 4.27. The van der Waals surface area contributed by atoms with E-state index in [2.05, 4.69) is 15.6 Å². The third-order valence-corrected chi connectivity index (χ3v) is 4.68. The fraction of sp³-hybridized carbons (Fsp3) is 0.136. The molecular formula is C22H17F2N3O3. The van der Waals surface area contributed by atoms with Gasteiger partial charge in [0.15, 0.2) is 0 Å². The van der Waals surface area contributed by atoms with Crippen molar-refractivity contribution < 1.29 is 23.1 Å². The molecule has 0 saturated heterocycles. The Bertz CT molecular complexity index is 1120. The van der Waals surface area contributed by atoms with E-state index >= 15 is 0 Å². The van der Waals surface area contributed by atoms with Gasteiger partial charge in [0.1, 0.15) is 17.4 Å². The number of pyridine rings is 1. The Morgan fingerprint density at radius 2 is 1.97 bits per heavy atom. The van der Waals surface area contributed by atoms with Gasteiger partial charge < -0.3 is 15.4 Å². The molecule has 1 aliphatic heterocycles. The maximum Gasteiger partial charge on any atom is 0.228 e. The van der Waals surface area contributed by atoms with Crippen LogP contribution in [-0.2, 0) is 16.1 Å². The smallest absolute Gasteiger partial charge is 0.228 e. The molecule has 0 radical (unpaired) electrons. The van der Waals surface area contributed by atoms with Crippen molar-refractivity contribution >= 4 is 17.5 Å². The molecule has 1 unspecified atom stereocenters. The van der Waals surface area contributed by atoms with E-state index in [0.717, 1.165) is 0 Å². The van der Waals surface area contributed by atoms with Crippen LogP contribution in [0.2, 0.25) is 0 Å². The lowest BCUT2D eigenvalue weighted by Gasteiger charge is -2.25. The minimum absolute atomic E-state index is 0.0375. The number of hydrogen-bond donors (Lipinski definition) is 2. The molecule has 0 spiro atoms. The molecule has 4 rings (SSSR count). The van der Waals surface area contributed by atoms with Crippen LogP contribution in [0.1, 0.15) is 23.5 Å². The zero-order valence-corrected chi connectivity index (χ0v) is 15.7. The normalized spacial score (nSPS) is 15.1. The van der Waals surface area contributed by atoms with Crippen LogP contribution >= 0.6 is 0 Å². The zero-order valence-electron chi connectivity index (χ0n) is 15.7. The van der Waals surface area contributed by atoms with Crippen molar-refractivity contribution in [1.29, 1.82) is 0 Å². The zero-order chi connectivity index (χ0) is 21.1. The minimum Gasteiger partial charge on any atom is -0.439 e. The number of nitrogens with one attached hydrogen (secondary N) is 2. The van der Waals surface area contributed by atoms with Gasteiger partial charge in [-0.15, -0.1) is 0 Å². The van der Waals surface area contributed by atoms with Crippen molar-refractivity contribution in [2.24, 2.45) is 0 Å². The highest BCUT2D eigenvalue weighted by Gasteiger charge is 2.30. The number of ether oxygens (including phenoxy) is 1. The number of anilines is 1. The monoisotopic (exact) mass is 409 g/mol. The molecule has 2 N–H and O–H groups in total. The maximum atomic E-state index is 13.5. The molecule has 3 aromatic rings. The Morgan fingerprint density at radius 1 is 1.13 bits per heavy atom. The first-order valence-electron chi connectivity index (χ1n) is 9.24. The van der Waals surface area contributed by atoms with Gasteiger partial charge in [-0.25, -0.2) is 13.8 Å². The van der Waals surface area contributed by atoms with Crippen molar-refractivity contribution in [3.8, 4) is 11.6 Å². The number of amides is 2. The molecule has 2 heterocycles. The summed E-state index contributed by atoms with van der Waals surface area (Å²) in [4.78, 5) is 28.9. The Hall–Kier alpha value is -3.81. The van der Waals surface area contributed by atoms with E-state index < -0.39 is 17.6 Å². The molecule has 2 amide bonds. The molecule has 0 bridgehead atoms. The summed E-state index contributed by atoms with van der Waals surface area (Å²) in [7, 11) is 0. The number of aromatic nitrogens is 1. The highest BCUT2D eigenvalue weighted by atomic mass is 19.1. The molecule has 6 nitrogen and oxygen atoms in total. The Kier molecular flexibility index (Phi) is 5.38. The van der Waals surface area contributed by atoms with Gasteiger partial charge in [-0.2, -0.15) is 0 Å². The number of halogens is 2. The summed E-state index contributed by atoms with van der Waals surface area (Å²) in [6.45, 7) is 0.0893. The van der Waals surface area contributed by atoms with Gasteiger partial charge in [0.05, 0.1) is 5.92 Å². The van der Waals surface area contributed by atoms with Gasteiger partial charge in [0.25, 0.3) is 0 Å². The molecule has 0 aliphatic carbocycles. The van der Waals surface area contributed by atoms with Crippen molar-refractivity contribution in [3.05, 3.63) is 83.6 Å².